The molecule has 18 heavy (non-hydrogen) atoms. The van der Waals surface area contributed by atoms with E-state index in [0.717, 1.165) is 41.7 Å². The summed E-state index contributed by atoms with van der Waals surface area (Å²) in [7, 11) is 0. The van der Waals surface area contributed by atoms with Crippen molar-refractivity contribution in [2.45, 2.75) is 52.2 Å². The van der Waals surface area contributed by atoms with Gasteiger partial charge in [0.1, 0.15) is 6.10 Å². The summed E-state index contributed by atoms with van der Waals surface area (Å²) in [4.78, 5) is 12.1. The van der Waals surface area contributed by atoms with Crippen LogP contribution in [0.5, 0.6) is 0 Å². The van der Waals surface area contributed by atoms with E-state index in [9.17, 15) is 4.79 Å². The quantitative estimate of drug-likeness (QED) is 0.839. The lowest BCUT2D eigenvalue weighted by atomic mass is 10.1. The maximum atomic E-state index is 12.1. The second kappa shape index (κ2) is 5.97. The molecule has 0 amide bonds. The van der Waals surface area contributed by atoms with Gasteiger partial charge in [-0.1, -0.05) is 6.92 Å². The van der Waals surface area contributed by atoms with E-state index < -0.39 is 0 Å². The Hall–Kier alpha value is -0.680. The number of hydrogen-bond donors (Lipinski definition) is 0. The van der Waals surface area contributed by atoms with E-state index in [2.05, 4.69) is 28.0 Å². The van der Waals surface area contributed by atoms with Gasteiger partial charge in [-0.05, 0) is 42.1 Å². The van der Waals surface area contributed by atoms with Gasteiger partial charge in [-0.2, -0.15) is 5.10 Å². The highest BCUT2D eigenvalue weighted by atomic mass is 79.9. The Morgan fingerprint density at radius 3 is 2.89 bits per heavy atom. The minimum Gasteiger partial charge on any atom is -0.370 e. The minimum atomic E-state index is -0.206. The maximum Gasteiger partial charge on any atom is 0.167 e. The van der Waals surface area contributed by atoms with Crippen molar-refractivity contribution in [2.24, 2.45) is 0 Å². The van der Waals surface area contributed by atoms with E-state index in [1.807, 2.05) is 11.6 Å². The zero-order valence-corrected chi connectivity index (χ0v) is 12.5. The predicted molar refractivity (Wildman–Crippen MR) is 72.7 cm³/mol. The van der Waals surface area contributed by atoms with Crippen molar-refractivity contribution in [3.05, 3.63) is 15.9 Å². The fourth-order valence-corrected chi connectivity index (χ4v) is 3.00. The Balaban J connectivity index is 2.16. The lowest BCUT2D eigenvalue weighted by molar-refractivity contribution is -0.127. The van der Waals surface area contributed by atoms with Crippen LogP contribution in [0.4, 0.5) is 0 Å². The van der Waals surface area contributed by atoms with Gasteiger partial charge in [-0.25, -0.2) is 0 Å². The molecule has 2 rings (SSSR count). The molecule has 2 heterocycles. The molecule has 0 spiro atoms. The van der Waals surface area contributed by atoms with Gasteiger partial charge in [0.25, 0.3) is 0 Å². The number of halogens is 1. The SMILES string of the molecule is CCc1nn(CC)c(CC(=O)C2CCCO2)c1Br. The number of carbonyl (C=O) groups is 1. The van der Waals surface area contributed by atoms with E-state index in [1.54, 1.807) is 0 Å². The molecule has 1 fully saturated rings. The van der Waals surface area contributed by atoms with Crippen molar-refractivity contribution >= 4 is 21.7 Å². The first kappa shape index (κ1) is 13.7. The van der Waals surface area contributed by atoms with Gasteiger partial charge in [0.15, 0.2) is 5.78 Å². The summed E-state index contributed by atoms with van der Waals surface area (Å²) in [5.41, 5.74) is 2.00. The highest BCUT2D eigenvalue weighted by molar-refractivity contribution is 9.10. The number of rotatable bonds is 5. The van der Waals surface area contributed by atoms with E-state index in [-0.39, 0.29) is 11.9 Å². The fraction of sp³-hybridized carbons (Fsp3) is 0.692. The molecule has 1 aromatic rings. The average molecular weight is 315 g/mol. The highest BCUT2D eigenvalue weighted by Gasteiger charge is 2.26. The van der Waals surface area contributed by atoms with Gasteiger partial charge in [0, 0.05) is 13.2 Å². The van der Waals surface area contributed by atoms with Crippen LogP contribution in [-0.4, -0.2) is 28.3 Å². The van der Waals surface area contributed by atoms with E-state index in [0.29, 0.717) is 13.0 Å². The molecule has 100 valence electrons. The Kier molecular flexibility index (Phi) is 4.56. The molecule has 1 atom stereocenters. The molecule has 5 heteroatoms. The zero-order valence-electron chi connectivity index (χ0n) is 10.9. The number of aromatic nitrogens is 2. The molecule has 0 aromatic carbocycles. The van der Waals surface area contributed by atoms with E-state index in [1.165, 1.54) is 0 Å². The van der Waals surface area contributed by atoms with Gasteiger partial charge in [-0.3, -0.25) is 9.48 Å². The monoisotopic (exact) mass is 314 g/mol. The smallest absolute Gasteiger partial charge is 0.167 e. The lowest BCUT2D eigenvalue weighted by Crippen LogP contribution is -2.23. The normalized spacial score (nSPS) is 19.4. The summed E-state index contributed by atoms with van der Waals surface area (Å²) in [6.07, 6.45) is 2.92. The van der Waals surface area contributed by atoms with Crippen LogP contribution in [0, 0.1) is 0 Å². The highest BCUT2D eigenvalue weighted by Crippen LogP contribution is 2.24. The zero-order chi connectivity index (χ0) is 13.1. The topological polar surface area (TPSA) is 44.1 Å². The predicted octanol–water partition coefficient (Wildman–Crippen LogP) is 2.52. The van der Waals surface area contributed by atoms with Crippen molar-refractivity contribution in [2.75, 3.05) is 6.61 Å². The van der Waals surface area contributed by atoms with Gasteiger partial charge >= 0.3 is 0 Å². The molecule has 1 aliphatic heterocycles. The van der Waals surface area contributed by atoms with Gasteiger partial charge in [0.2, 0.25) is 0 Å². The van der Waals surface area contributed by atoms with Gasteiger partial charge in [0.05, 0.1) is 22.3 Å². The van der Waals surface area contributed by atoms with Crippen LogP contribution >= 0.6 is 15.9 Å². The van der Waals surface area contributed by atoms with Crippen LogP contribution in [0.2, 0.25) is 0 Å². The Labute approximate surface area is 116 Å². The molecule has 1 saturated heterocycles. The number of Topliss-reactive ketones (excluding diaryl/α,β-unsaturated/α-hetero) is 1. The molecule has 4 nitrogen and oxygen atoms in total. The molecular weight excluding hydrogens is 296 g/mol. The maximum absolute atomic E-state index is 12.1. The summed E-state index contributed by atoms with van der Waals surface area (Å²) in [6, 6.07) is 0. The summed E-state index contributed by atoms with van der Waals surface area (Å²) in [5.74, 6) is 0.172. The summed E-state index contributed by atoms with van der Waals surface area (Å²) in [6.45, 7) is 5.61. The van der Waals surface area contributed by atoms with Crippen LogP contribution in [-0.2, 0) is 28.9 Å². The second-order valence-electron chi connectivity index (χ2n) is 4.52. The third-order valence-corrected chi connectivity index (χ3v) is 4.24. The molecule has 0 radical (unpaired) electrons. The van der Waals surface area contributed by atoms with Crippen molar-refractivity contribution in [3.8, 4) is 0 Å². The summed E-state index contributed by atoms with van der Waals surface area (Å²) >= 11 is 3.56. The molecule has 1 unspecified atom stereocenters. The molecule has 0 N–H and O–H groups in total. The molecule has 1 aliphatic rings. The summed E-state index contributed by atoms with van der Waals surface area (Å²) in [5, 5.41) is 4.50. The van der Waals surface area contributed by atoms with Crippen LogP contribution in [0.3, 0.4) is 0 Å². The first-order valence-corrected chi connectivity index (χ1v) is 7.35. The van der Waals surface area contributed by atoms with Crippen LogP contribution in [0.15, 0.2) is 4.47 Å². The third-order valence-electron chi connectivity index (χ3n) is 3.32. The number of nitrogens with zero attached hydrogens (tertiary/aromatic N) is 2. The summed E-state index contributed by atoms with van der Waals surface area (Å²) < 4.78 is 8.34. The number of ether oxygens (including phenoxy) is 1. The van der Waals surface area contributed by atoms with Crippen molar-refractivity contribution in [3.63, 3.8) is 0 Å². The van der Waals surface area contributed by atoms with Crippen molar-refractivity contribution in [1.29, 1.82) is 0 Å². The first-order chi connectivity index (χ1) is 8.67. The van der Waals surface area contributed by atoms with E-state index in [4.69, 9.17) is 4.74 Å². The van der Waals surface area contributed by atoms with Gasteiger partial charge < -0.3 is 4.74 Å². The number of aryl methyl sites for hydroxylation is 2. The first-order valence-electron chi connectivity index (χ1n) is 6.55. The molecular formula is C13H19BrN2O2. The molecule has 0 bridgehead atoms. The Bertz CT molecular complexity index is 436. The Morgan fingerprint density at radius 1 is 1.56 bits per heavy atom. The second-order valence-corrected chi connectivity index (χ2v) is 5.31. The molecule has 1 aromatic heterocycles. The minimum absolute atomic E-state index is 0.172. The molecule has 0 aliphatic carbocycles. The van der Waals surface area contributed by atoms with Crippen molar-refractivity contribution < 1.29 is 9.53 Å². The Morgan fingerprint density at radius 2 is 2.33 bits per heavy atom. The number of ketones is 1. The average Bonchev–Trinajstić information content (AvgIpc) is 2.99. The largest absolute Gasteiger partial charge is 0.370 e. The molecule has 0 saturated carbocycles. The van der Waals surface area contributed by atoms with Crippen LogP contribution in [0.25, 0.3) is 0 Å². The van der Waals surface area contributed by atoms with Gasteiger partial charge in [-0.15, -0.1) is 0 Å². The number of hydrogen-bond acceptors (Lipinski definition) is 3. The van der Waals surface area contributed by atoms with Crippen LogP contribution in [0.1, 0.15) is 38.1 Å². The number of carbonyl (C=O) groups excluding carboxylic acids is 1. The van der Waals surface area contributed by atoms with Crippen LogP contribution < -0.4 is 0 Å². The fourth-order valence-electron chi connectivity index (χ4n) is 2.30. The third kappa shape index (κ3) is 2.67. The standard InChI is InChI=1S/C13H19BrN2O2/c1-3-9-13(14)10(16(4-2)15-9)8-11(17)12-6-5-7-18-12/h12H,3-8H2,1-2H3. The van der Waals surface area contributed by atoms with E-state index >= 15 is 0 Å². The lowest BCUT2D eigenvalue weighted by Gasteiger charge is -2.09. The van der Waals surface area contributed by atoms with Crippen molar-refractivity contribution in [1.82, 2.24) is 9.78 Å².